The summed E-state index contributed by atoms with van der Waals surface area (Å²) < 4.78 is 1.92. The van der Waals surface area contributed by atoms with Crippen LogP contribution in [0.2, 0.25) is 10.0 Å². The van der Waals surface area contributed by atoms with Crippen molar-refractivity contribution in [2.75, 3.05) is 6.54 Å². The van der Waals surface area contributed by atoms with Gasteiger partial charge in [0.05, 0.1) is 16.3 Å². The van der Waals surface area contributed by atoms with Gasteiger partial charge in [0, 0.05) is 23.8 Å². The molecule has 0 saturated carbocycles. The van der Waals surface area contributed by atoms with Gasteiger partial charge in [0.2, 0.25) is 5.91 Å². The monoisotopic (exact) mass is 424 g/mol. The molecule has 152 valence electrons. The molecule has 1 unspecified atom stereocenters. The number of nitrogens with zero attached hydrogens (tertiary/aromatic N) is 2. The zero-order valence-electron chi connectivity index (χ0n) is 16.6. The van der Waals surface area contributed by atoms with Gasteiger partial charge in [0.1, 0.15) is 6.04 Å². The van der Waals surface area contributed by atoms with Crippen molar-refractivity contribution in [3.8, 4) is 0 Å². The molecule has 0 radical (unpaired) electrons. The Morgan fingerprint density at radius 1 is 1.18 bits per heavy atom. The van der Waals surface area contributed by atoms with Gasteiger partial charge in [-0.2, -0.15) is 5.10 Å². The second kappa shape index (κ2) is 9.94. The summed E-state index contributed by atoms with van der Waals surface area (Å²) in [7, 11) is 0. The van der Waals surface area contributed by atoms with Gasteiger partial charge >= 0.3 is 0 Å². The molecule has 2 rings (SSSR count). The molecule has 1 aromatic carbocycles. The smallest absolute Gasteiger partial charge is 0.253 e. The fourth-order valence-electron chi connectivity index (χ4n) is 2.88. The fourth-order valence-corrected chi connectivity index (χ4v) is 3.37. The first-order valence-corrected chi connectivity index (χ1v) is 9.99. The van der Waals surface area contributed by atoms with Crippen molar-refractivity contribution in [1.29, 1.82) is 0 Å². The summed E-state index contributed by atoms with van der Waals surface area (Å²) in [4.78, 5) is 25.1. The number of nitrogens with one attached hydrogen (secondary N) is 2. The SMILES string of the molecule is Cc1cc(C)n(CCCNC(=O)C(NC(=O)c2ccc(Cl)cc2Cl)C(C)C)n1. The van der Waals surface area contributed by atoms with E-state index in [4.69, 9.17) is 23.2 Å². The Morgan fingerprint density at radius 3 is 2.46 bits per heavy atom. The summed E-state index contributed by atoms with van der Waals surface area (Å²) in [5.74, 6) is -0.703. The van der Waals surface area contributed by atoms with Crippen molar-refractivity contribution >= 4 is 35.0 Å². The van der Waals surface area contributed by atoms with Gasteiger partial charge in [0.25, 0.3) is 5.91 Å². The molecule has 2 N–H and O–H groups in total. The quantitative estimate of drug-likeness (QED) is 0.633. The minimum Gasteiger partial charge on any atom is -0.354 e. The van der Waals surface area contributed by atoms with E-state index in [0.29, 0.717) is 11.6 Å². The van der Waals surface area contributed by atoms with E-state index in [1.165, 1.54) is 6.07 Å². The van der Waals surface area contributed by atoms with Crippen molar-refractivity contribution in [2.45, 2.75) is 46.7 Å². The number of rotatable bonds is 8. The van der Waals surface area contributed by atoms with Gasteiger partial charge in [-0.3, -0.25) is 14.3 Å². The second-order valence-electron chi connectivity index (χ2n) is 7.11. The first kappa shape index (κ1) is 22.2. The molecule has 28 heavy (non-hydrogen) atoms. The minimum absolute atomic E-state index is 0.0777. The number of carbonyl (C=O) groups excluding carboxylic acids is 2. The van der Waals surface area contributed by atoms with Crippen LogP contribution in [0.3, 0.4) is 0 Å². The van der Waals surface area contributed by atoms with Crippen LogP contribution in [0.1, 0.15) is 42.0 Å². The summed E-state index contributed by atoms with van der Waals surface area (Å²) in [5, 5.41) is 10.8. The van der Waals surface area contributed by atoms with Crippen LogP contribution >= 0.6 is 23.2 Å². The van der Waals surface area contributed by atoms with Crippen LogP contribution in [0.5, 0.6) is 0 Å². The normalized spacial score (nSPS) is 12.1. The van der Waals surface area contributed by atoms with Gasteiger partial charge in [0.15, 0.2) is 0 Å². The topological polar surface area (TPSA) is 76.0 Å². The molecule has 1 atom stereocenters. The molecule has 0 spiro atoms. The number of carbonyl (C=O) groups is 2. The number of hydrogen-bond acceptors (Lipinski definition) is 3. The molecule has 6 nitrogen and oxygen atoms in total. The minimum atomic E-state index is -0.659. The molecular weight excluding hydrogens is 399 g/mol. The first-order valence-electron chi connectivity index (χ1n) is 9.23. The molecule has 0 aliphatic heterocycles. The van der Waals surface area contributed by atoms with E-state index in [9.17, 15) is 9.59 Å². The standard InChI is InChI=1S/C20H26Cl2N4O2/c1-12(2)18(24-19(27)16-7-6-15(21)11-17(16)22)20(28)23-8-5-9-26-14(4)10-13(3)25-26/h6-7,10-12,18H,5,8-9H2,1-4H3,(H,23,28)(H,24,27). The maximum absolute atomic E-state index is 12.6. The molecule has 1 aromatic heterocycles. The number of aryl methyl sites for hydroxylation is 3. The molecule has 8 heteroatoms. The molecule has 1 heterocycles. The van der Waals surface area contributed by atoms with E-state index in [1.54, 1.807) is 12.1 Å². The second-order valence-corrected chi connectivity index (χ2v) is 7.96. The predicted molar refractivity (Wildman–Crippen MR) is 112 cm³/mol. The third-order valence-electron chi connectivity index (χ3n) is 4.36. The molecule has 0 bridgehead atoms. The van der Waals surface area contributed by atoms with E-state index >= 15 is 0 Å². The van der Waals surface area contributed by atoms with E-state index in [0.717, 1.165) is 24.4 Å². The Kier molecular flexibility index (Phi) is 7.89. The highest BCUT2D eigenvalue weighted by Crippen LogP contribution is 2.21. The van der Waals surface area contributed by atoms with Gasteiger partial charge in [-0.05, 0) is 50.5 Å². The number of amides is 2. The fraction of sp³-hybridized carbons (Fsp3) is 0.450. The van der Waals surface area contributed by atoms with Gasteiger partial charge in [-0.1, -0.05) is 37.0 Å². The zero-order chi connectivity index (χ0) is 20.8. The van der Waals surface area contributed by atoms with Crippen molar-refractivity contribution in [3.63, 3.8) is 0 Å². The van der Waals surface area contributed by atoms with E-state index in [-0.39, 0.29) is 22.4 Å². The molecule has 2 aromatic rings. The van der Waals surface area contributed by atoms with Crippen LogP contribution in [0.25, 0.3) is 0 Å². The van der Waals surface area contributed by atoms with E-state index in [1.807, 2.05) is 38.4 Å². The van der Waals surface area contributed by atoms with Crippen molar-refractivity contribution < 1.29 is 9.59 Å². The van der Waals surface area contributed by atoms with Crippen molar-refractivity contribution in [3.05, 3.63) is 51.3 Å². The molecular formula is C20H26Cl2N4O2. The lowest BCUT2D eigenvalue weighted by atomic mass is 10.0. The highest BCUT2D eigenvalue weighted by molar-refractivity contribution is 6.36. The zero-order valence-corrected chi connectivity index (χ0v) is 18.1. The first-order chi connectivity index (χ1) is 13.2. The van der Waals surface area contributed by atoms with Gasteiger partial charge in [-0.25, -0.2) is 0 Å². The Bertz CT molecular complexity index is 849. The van der Waals surface area contributed by atoms with Crippen LogP contribution in [-0.4, -0.2) is 34.2 Å². The summed E-state index contributed by atoms with van der Waals surface area (Å²) >= 11 is 12.0. The Labute approximate surface area is 175 Å². The molecule has 0 aliphatic carbocycles. The molecule has 0 saturated heterocycles. The van der Waals surface area contributed by atoms with Crippen molar-refractivity contribution in [1.82, 2.24) is 20.4 Å². The van der Waals surface area contributed by atoms with Crippen molar-refractivity contribution in [2.24, 2.45) is 5.92 Å². The summed E-state index contributed by atoms with van der Waals surface area (Å²) in [6.07, 6.45) is 0.746. The van der Waals surface area contributed by atoms with Crippen LogP contribution in [0.15, 0.2) is 24.3 Å². The number of benzene rings is 1. The Hall–Kier alpha value is -2.05. The molecule has 2 amide bonds. The van der Waals surface area contributed by atoms with E-state index in [2.05, 4.69) is 15.7 Å². The van der Waals surface area contributed by atoms with Crippen LogP contribution < -0.4 is 10.6 Å². The highest BCUT2D eigenvalue weighted by Gasteiger charge is 2.25. The van der Waals surface area contributed by atoms with E-state index < -0.39 is 11.9 Å². The molecule has 0 fully saturated rings. The number of hydrogen-bond donors (Lipinski definition) is 2. The largest absolute Gasteiger partial charge is 0.354 e. The number of aromatic nitrogens is 2. The lowest BCUT2D eigenvalue weighted by Crippen LogP contribution is -2.50. The van der Waals surface area contributed by atoms with Crippen LogP contribution in [0.4, 0.5) is 0 Å². The Balaban J connectivity index is 1.90. The average Bonchev–Trinajstić information content (AvgIpc) is 2.93. The summed E-state index contributed by atoms with van der Waals surface area (Å²) in [6.45, 7) is 8.93. The predicted octanol–water partition coefficient (Wildman–Crippen LogP) is 3.77. The number of halogens is 2. The lowest BCUT2D eigenvalue weighted by Gasteiger charge is -2.22. The third kappa shape index (κ3) is 5.97. The van der Waals surface area contributed by atoms with Gasteiger partial charge < -0.3 is 10.6 Å². The van der Waals surface area contributed by atoms with Gasteiger partial charge in [-0.15, -0.1) is 0 Å². The molecule has 0 aliphatic rings. The maximum Gasteiger partial charge on any atom is 0.253 e. The average molecular weight is 425 g/mol. The maximum atomic E-state index is 12.6. The lowest BCUT2D eigenvalue weighted by molar-refractivity contribution is -0.123. The van der Waals surface area contributed by atoms with Crippen LogP contribution in [-0.2, 0) is 11.3 Å². The van der Waals surface area contributed by atoms with Crippen LogP contribution in [0, 0.1) is 19.8 Å². The summed E-state index contributed by atoms with van der Waals surface area (Å²) in [5.41, 5.74) is 2.36. The summed E-state index contributed by atoms with van der Waals surface area (Å²) in [6, 6.07) is 6.00. The third-order valence-corrected chi connectivity index (χ3v) is 4.91. The highest BCUT2D eigenvalue weighted by atomic mass is 35.5. The Morgan fingerprint density at radius 2 is 1.89 bits per heavy atom.